The van der Waals surface area contributed by atoms with Gasteiger partial charge in [0.2, 0.25) is 0 Å². The van der Waals surface area contributed by atoms with E-state index in [9.17, 15) is 43.2 Å². The highest BCUT2D eigenvalue weighted by Gasteiger charge is 2.30. The Balaban J connectivity index is 5.22. The summed E-state index contributed by atoms with van der Waals surface area (Å²) in [5.74, 6) is -1.29. The van der Waals surface area contributed by atoms with Crippen LogP contribution >= 0.6 is 15.6 Å². The molecule has 0 aromatic carbocycles. The van der Waals surface area contributed by atoms with Crippen LogP contribution in [0.4, 0.5) is 0 Å². The lowest BCUT2D eigenvalue weighted by Crippen LogP contribution is -2.30. The maximum Gasteiger partial charge on any atom is 0.472 e. The molecule has 0 rings (SSSR count). The van der Waals surface area contributed by atoms with Gasteiger partial charge in [-0.1, -0.05) is 407 Å². The predicted octanol–water partition coefficient (Wildman–Crippen LogP) is 26.0. The summed E-state index contributed by atoms with van der Waals surface area (Å²) < 4.78 is 68.8. The van der Waals surface area contributed by atoms with Crippen molar-refractivity contribution in [2.75, 3.05) is 39.6 Å². The first-order valence-corrected chi connectivity index (χ1v) is 47.1. The second-order valence-electron chi connectivity index (χ2n) is 31.1. The van der Waals surface area contributed by atoms with Gasteiger partial charge in [0.1, 0.15) is 19.3 Å². The molecule has 17 nitrogen and oxygen atoms in total. The summed E-state index contributed by atoms with van der Waals surface area (Å²) >= 11 is 0. The fourth-order valence-electron chi connectivity index (χ4n) is 13.3. The summed E-state index contributed by atoms with van der Waals surface area (Å²) in [6.45, 7) is 7.38. The second-order valence-corrected chi connectivity index (χ2v) is 34.0. The number of esters is 4. The minimum absolute atomic E-state index is 0.108. The monoisotopic (exact) mass is 1520 g/mol. The van der Waals surface area contributed by atoms with Gasteiger partial charge < -0.3 is 33.8 Å². The van der Waals surface area contributed by atoms with Crippen LogP contribution < -0.4 is 0 Å². The van der Waals surface area contributed by atoms with Crippen LogP contribution in [0.25, 0.3) is 0 Å². The number of phosphoric acid groups is 2. The number of aliphatic hydroxyl groups is 1. The molecule has 0 fully saturated rings. The summed E-state index contributed by atoms with van der Waals surface area (Å²) in [6, 6.07) is 0. The first-order chi connectivity index (χ1) is 50.5. The van der Waals surface area contributed by atoms with E-state index in [4.69, 9.17) is 37.0 Å². The van der Waals surface area contributed by atoms with Gasteiger partial charge in [0.15, 0.2) is 12.2 Å². The highest BCUT2D eigenvalue weighted by atomic mass is 31.2. The minimum atomic E-state index is -4.96. The second kappa shape index (κ2) is 77.8. The van der Waals surface area contributed by atoms with Gasteiger partial charge in [0.25, 0.3) is 0 Å². The molecule has 0 spiro atoms. The Labute approximate surface area is 638 Å². The fourth-order valence-corrected chi connectivity index (χ4v) is 14.9. The third kappa shape index (κ3) is 78.2. The zero-order valence-electron chi connectivity index (χ0n) is 68.2. The molecule has 0 amide bonds. The molecule has 0 aromatic rings. The molecule has 618 valence electrons. The number of ether oxygens (including phenoxy) is 4. The average Bonchev–Trinajstić information content (AvgIpc) is 0.922. The minimum Gasteiger partial charge on any atom is -0.462 e. The summed E-state index contributed by atoms with van der Waals surface area (Å²) in [6.07, 6.45) is 70.8. The van der Waals surface area contributed by atoms with Crippen molar-refractivity contribution in [1.29, 1.82) is 0 Å². The van der Waals surface area contributed by atoms with Crippen LogP contribution in [0.3, 0.4) is 0 Å². The molecule has 2 unspecified atom stereocenters. The summed E-state index contributed by atoms with van der Waals surface area (Å²) in [5.41, 5.74) is 0. The van der Waals surface area contributed by atoms with Crippen molar-refractivity contribution in [2.24, 2.45) is 5.92 Å². The highest BCUT2D eigenvalue weighted by molar-refractivity contribution is 7.47. The molecule has 0 aromatic heterocycles. The molecule has 0 radical (unpaired) electrons. The quantitative estimate of drug-likeness (QED) is 0.0222. The van der Waals surface area contributed by atoms with E-state index in [-0.39, 0.29) is 25.7 Å². The Bertz CT molecular complexity index is 1980. The Morgan fingerprint density at radius 3 is 0.654 bits per heavy atom. The average molecular weight is 1520 g/mol. The van der Waals surface area contributed by atoms with Crippen molar-refractivity contribution in [3.8, 4) is 0 Å². The molecule has 0 aliphatic carbocycles. The number of hydrogen-bond acceptors (Lipinski definition) is 15. The number of carbonyl (C=O) groups excluding carboxylic acids is 4. The van der Waals surface area contributed by atoms with E-state index in [1.54, 1.807) is 0 Å². The van der Waals surface area contributed by atoms with E-state index < -0.39 is 97.5 Å². The van der Waals surface area contributed by atoms with Crippen LogP contribution in [0.2, 0.25) is 0 Å². The lowest BCUT2D eigenvalue weighted by Gasteiger charge is -2.21. The molecular weight excluding hydrogens is 1350 g/mol. The predicted molar refractivity (Wildman–Crippen MR) is 428 cm³/mol. The molecule has 19 heteroatoms. The standard InChI is InChI=1S/C85H166O17P2/c1-6-9-12-15-18-21-24-27-28-29-30-31-32-33-34-37-41-46-51-56-61-66-71-85(90)102-81(75-96-83(88)69-64-59-54-49-45-40-38-35-36-39-42-47-52-57-62-67-78(4)5)77-100-104(93,94)98-73-79(86)72-97-103(91,92)99-76-80(101-84(89)70-65-60-55-50-44-26-23-20-17-14-11-8-3)74-95-82(87)68-63-58-53-48-43-25-22-19-16-13-10-7-2/h78-81,86H,6-77H2,1-5H3,(H,91,92)(H,93,94)/t79-,80+,81+/m0/s1. The Kier molecular flexibility index (Phi) is 76.3. The Morgan fingerprint density at radius 2 is 0.442 bits per heavy atom. The van der Waals surface area contributed by atoms with Crippen molar-refractivity contribution >= 4 is 39.5 Å². The molecule has 3 N–H and O–H groups in total. The van der Waals surface area contributed by atoms with E-state index >= 15 is 0 Å². The molecule has 0 saturated carbocycles. The third-order valence-electron chi connectivity index (χ3n) is 20.0. The van der Waals surface area contributed by atoms with E-state index in [1.807, 2.05) is 0 Å². The normalized spacial score (nSPS) is 13.8. The van der Waals surface area contributed by atoms with E-state index in [0.29, 0.717) is 25.7 Å². The largest absolute Gasteiger partial charge is 0.472 e. The maximum atomic E-state index is 13.1. The van der Waals surface area contributed by atoms with Crippen molar-refractivity contribution in [2.45, 2.75) is 477 Å². The van der Waals surface area contributed by atoms with Gasteiger partial charge in [0.05, 0.1) is 26.4 Å². The molecule has 0 aliphatic rings. The Hall–Kier alpha value is -1.94. The lowest BCUT2D eigenvalue weighted by molar-refractivity contribution is -0.161. The number of rotatable bonds is 85. The van der Waals surface area contributed by atoms with Crippen LogP contribution in [0.1, 0.15) is 458 Å². The van der Waals surface area contributed by atoms with Gasteiger partial charge >= 0.3 is 39.5 Å². The van der Waals surface area contributed by atoms with Crippen LogP contribution in [-0.4, -0.2) is 96.7 Å². The number of phosphoric ester groups is 2. The van der Waals surface area contributed by atoms with Crippen LogP contribution in [0.15, 0.2) is 0 Å². The Morgan fingerprint density at radius 1 is 0.260 bits per heavy atom. The van der Waals surface area contributed by atoms with E-state index in [0.717, 1.165) is 95.8 Å². The first-order valence-electron chi connectivity index (χ1n) is 44.1. The first kappa shape index (κ1) is 102. The van der Waals surface area contributed by atoms with E-state index in [1.165, 1.54) is 283 Å². The zero-order valence-corrected chi connectivity index (χ0v) is 70.0. The van der Waals surface area contributed by atoms with Crippen molar-refractivity contribution in [1.82, 2.24) is 0 Å². The molecule has 104 heavy (non-hydrogen) atoms. The topological polar surface area (TPSA) is 237 Å². The molecule has 0 saturated heterocycles. The number of aliphatic hydroxyl groups excluding tert-OH is 1. The number of hydrogen-bond donors (Lipinski definition) is 3. The van der Waals surface area contributed by atoms with E-state index in [2.05, 4.69) is 34.6 Å². The van der Waals surface area contributed by atoms with Gasteiger partial charge in [0, 0.05) is 25.7 Å². The molecule has 0 heterocycles. The van der Waals surface area contributed by atoms with Gasteiger partial charge in [-0.05, 0) is 31.6 Å². The highest BCUT2D eigenvalue weighted by Crippen LogP contribution is 2.45. The van der Waals surface area contributed by atoms with Crippen LogP contribution in [-0.2, 0) is 65.4 Å². The van der Waals surface area contributed by atoms with Gasteiger partial charge in [-0.15, -0.1) is 0 Å². The lowest BCUT2D eigenvalue weighted by atomic mass is 10.0. The molecular formula is C85H166O17P2. The van der Waals surface area contributed by atoms with Gasteiger partial charge in [-0.3, -0.25) is 37.3 Å². The summed E-state index contributed by atoms with van der Waals surface area (Å²) in [4.78, 5) is 73.2. The van der Waals surface area contributed by atoms with Gasteiger partial charge in [-0.2, -0.15) is 0 Å². The maximum absolute atomic E-state index is 13.1. The molecule has 0 aliphatic heterocycles. The van der Waals surface area contributed by atoms with Crippen molar-refractivity contribution in [3.63, 3.8) is 0 Å². The smallest absolute Gasteiger partial charge is 0.462 e. The third-order valence-corrected chi connectivity index (χ3v) is 21.9. The van der Waals surface area contributed by atoms with Crippen molar-refractivity contribution in [3.05, 3.63) is 0 Å². The summed E-state index contributed by atoms with van der Waals surface area (Å²) in [7, 11) is -9.92. The molecule has 0 bridgehead atoms. The number of unbranched alkanes of at least 4 members (excludes halogenated alkanes) is 57. The van der Waals surface area contributed by atoms with Crippen molar-refractivity contribution < 1.29 is 80.2 Å². The number of carbonyl (C=O) groups is 4. The zero-order chi connectivity index (χ0) is 76.2. The molecule has 5 atom stereocenters. The fraction of sp³-hybridized carbons (Fsp3) is 0.953. The van der Waals surface area contributed by atoms with Gasteiger partial charge in [-0.25, -0.2) is 9.13 Å². The van der Waals surface area contributed by atoms with Crippen LogP contribution in [0.5, 0.6) is 0 Å². The summed E-state index contributed by atoms with van der Waals surface area (Å²) in [5, 5.41) is 10.7. The van der Waals surface area contributed by atoms with Crippen LogP contribution in [0, 0.1) is 5.92 Å². The SMILES string of the molecule is CCCCCCCCCCCCCCCCCCCCCCCCC(=O)O[C@H](COC(=O)CCCCCCCCCCCCCCCCCC(C)C)COP(=O)(O)OC[C@@H](O)COP(=O)(O)OC[C@@H](COC(=O)CCCCCCCCCCCCCC)OC(=O)CCCCCCCCCCCCCC.